The van der Waals surface area contributed by atoms with Crippen LogP contribution < -0.4 is 10.5 Å². The van der Waals surface area contributed by atoms with Crippen LogP contribution in [0.4, 0.5) is 0 Å². The molecule has 132 valence electrons. The first-order valence-electron chi connectivity index (χ1n) is 8.95. The van der Waals surface area contributed by atoms with Crippen LogP contribution in [0.2, 0.25) is 0 Å². The van der Waals surface area contributed by atoms with Crippen molar-refractivity contribution < 1.29 is 13.2 Å². The average Bonchev–Trinajstić information content (AvgIpc) is 2.96. The molecule has 3 N–H and O–H groups in total. The van der Waals surface area contributed by atoms with Crippen molar-refractivity contribution in [3.05, 3.63) is 0 Å². The standard InChI is InChI=1S/C16H29N3O3S/c1-2-18-23(21,22)14-6-7-19(10-14)16(20)13-8-11-4-3-5-12(9-13)15(11)17/h11-15,18H,2-10,17H2,1H3. The average molecular weight is 343 g/mol. The molecule has 3 aliphatic rings. The van der Waals surface area contributed by atoms with Crippen molar-refractivity contribution in [3.8, 4) is 0 Å². The second-order valence-electron chi connectivity index (χ2n) is 7.43. The van der Waals surface area contributed by atoms with Gasteiger partial charge in [-0.15, -0.1) is 0 Å². The number of carbonyl (C=O) groups excluding carboxylic acids is 1. The molecule has 0 aromatic rings. The van der Waals surface area contributed by atoms with Crippen LogP contribution in [0.25, 0.3) is 0 Å². The number of amides is 1. The first-order chi connectivity index (χ1) is 10.9. The molecule has 6 nitrogen and oxygen atoms in total. The second kappa shape index (κ2) is 6.69. The van der Waals surface area contributed by atoms with Gasteiger partial charge in [0.1, 0.15) is 0 Å². The highest BCUT2D eigenvalue weighted by Gasteiger charge is 2.43. The molecule has 2 bridgehead atoms. The molecule has 1 heterocycles. The van der Waals surface area contributed by atoms with Crippen LogP contribution in [0.1, 0.15) is 45.4 Å². The summed E-state index contributed by atoms with van der Waals surface area (Å²) in [5, 5.41) is -0.461. The van der Waals surface area contributed by atoms with Crippen LogP contribution in [-0.4, -0.2) is 50.2 Å². The molecule has 3 unspecified atom stereocenters. The van der Waals surface area contributed by atoms with Crippen LogP contribution in [0.5, 0.6) is 0 Å². The third-order valence-electron chi connectivity index (χ3n) is 6.00. The number of carbonyl (C=O) groups is 1. The molecule has 0 aromatic carbocycles. The summed E-state index contributed by atoms with van der Waals surface area (Å²) in [6.07, 6.45) is 5.82. The summed E-state index contributed by atoms with van der Waals surface area (Å²) < 4.78 is 26.8. The van der Waals surface area contributed by atoms with Gasteiger partial charge in [-0.05, 0) is 43.9 Å². The van der Waals surface area contributed by atoms with Crippen LogP contribution in [0.3, 0.4) is 0 Å². The van der Waals surface area contributed by atoms with Gasteiger partial charge in [-0.2, -0.15) is 0 Å². The summed E-state index contributed by atoms with van der Waals surface area (Å²) in [7, 11) is -3.29. The molecule has 7 heteroatoms. The molecule has 2 aliphatic carbocycles. The van der Waals surface area contributed by atoms with Crippen LogP contribution in [-0.2, 0) is 14.8 Å². The Morgan fingerprint density at radius 1 is 1.22 bits per heavy atom. The highest BCUT2D eigenvalue weighted by atomic mass is 32.2. The smallest absolute Gasteiger partial charge is 0.225 e. The van der Waals surface area contributed by atoms with Crippen molar-refractivity contribution in [1.82, 2.24) is 9.62 Å². The van der Waals surface area contributed by atoms with E-state index in [1.54, 1.807) is 11.8 Å². The highest BCUT2D eigenvalue weighted by molar-refractivity contribution is 7.90. The minimum atomic E-state index is -3.29. The van der Waals surface area contributed by atoms with Gasteiger partial charge in [-0.25, -0.2) is 13.1 Å². The topological polar surface area (TPSA) is 92.5 Å². The maximum absolute atomic E-state index is 12.8. The molecule has 3 fully saturated rings. The lowest BCUT2D eigenvalue weighted by Crippen LogP contribution is -2.49. The molecule has 23 heavy (non-hydrogen) atoms. The molecule has 0 aromatic heterocycles. The number of hydrogen-bond donors (Lipinski definition) is 2. The molecule has 3 rings (SSSR count). The lowest BCUT2D eigenvalue weighted by atomic mass is 9.65. The quantitative estimate of drug-likeness (QED) is 0.785. The van der Waals surface area contributed by atoms with Crippen molar-refractivity contribution in [2.45, 2.75) is 56.7 Å². The molecular formula is C16H29N3O3S. The van der Waals surface area contributed by atoms with Crippen LogP contribution >= 0.6 is 0 Å². The van der Waals surface area contributed by atoms with Crippen molar-refractivity contribution in [3.63, 3.8) is 0 Å². The van der Waals surface area contributed by atoms with Gasteiger partial charge in [0.05, 0.1) is 5.25 Å². The number of nitrogens with two attached hydrogens (primary N) is 1. The van der Waals surface area contributed by atoms with E-state index >= 15 is 0 Å². The predicted molar refractivity (Wildman–Crippen MR) is 89.1 cm³/mol. The lowest BCUT2D eigenvalue weighted by Gasteiger charge is -2.44. The number of nitrogens with zero attached hydrogens (tertiary/aromatic N) is 1. The predicted octanol–water partition coefficient (Wildman–Crippen LogP) is 0.680. The number of rotatable bonds is 4. The number of nitrogens with one attached hydrogen (secondary N) is 1. The first-order valence-corrected chi connectivity index (χ1v) is 10.5. The number of fused-ring (bicyclic) bond motifs is 2. The monoisotopic (exact) mass is 343 g/mol. The van der Waals surface area contributed by atoms with E-state index in [2.05, 4.69) is 4.72 Å². The Morgan fingerprint density at radius 2 is 1.87 bits per heavy atom. The van der Waals surface area contributed by atoms with Gasteiger partial charge in [-0.1, -0.05) is 13.3 Å². The second-order valence-corrected chi connectivity index (χ2v) is 9.48. The maximum Gasteiger partial charge on any atom is 0.225 e. The van der Waals surface area contributed by atoms with Crippen molar-refractivity contribution in [2.75, 3.05) is 19.6 Å². The first kappa shape index (κ1) is 17.2. The van der Waals surface area contributed by atoms with Crippen LogP contribution in [0, 0.1) is 17.8 Å². The lowest BCUT2D eigenvalue weighted by molar-refractivity contribution is -0.137. The van der Waals surface area contributed by atoms with Crippen molar-refractivity contribution in [2.24, 2.45) is 23.5 Å². The summed E-state index contributed by atoms with van der Waals surface area (Å²) in [6, 6.07) is 0.258. The van der Waals surface area contributed by atoms with E-state index in [-0.39, 0.29) is 17.9 Å². The van der Waals surface area contributed by atoms with Crippen molar-refractivity contribution in [1.29, 1.82) is 0 Å². The normalized spacial score (nSPS) is 37.8. The van der Waals surface area contributed by atoms with E-state index in [9.17, 15) is 13.2 Å². The van der Waals surface area contributed by atoms with E-state index < -0.39 is 15.3 Å². The maximum atomic E-state index is 12.8. The third kappa shape index (κ3) is 3.42. The summed E-state index contributed by atoms with van der Waals surface area (Å²) in [6.45, 7) is 3.08. The van der Waals surface area contributed by atoms with Gasteiger partial charge < -0.3 is 10.6 Å². The van der Waals surface area contributed by atoms with Gasteiger partial charge in [0.25, 0.3) is 0 Å². The van der Waals surface area contributed by atoms with E-state index in [4.69, 9.17) is 5.73 Å². The molecule has 1 aliphatic heterocycles. The SMILES string of the molecule is CCNS(=O)(=O)C1CCN(C(=O)C2CC3CCCC(C2)C3N)C1. The van der Waals surface area contributed by atoms with Gasteiger partial charge in [-0.3, -0.25) is 4.79 Å². The molecule has 2 saturated carbocycles. The minimum absolute atomic E-state index is 0.0469. The Morgan fingerprint density at radius 3 is 2.48 bits per heavy atom. The zero-order valence-corrected chi connectivity index (χ0v) is 14.7. The van der Waals surface area contributed by atoms with Crippen LogP contribution in [0.15, 0.2) is 0 Å². The molecule has 1 saturated heterocycles. The third-order valence-corrected chi connectivity index (χ3v) is 7.96. The molecule has 0 spiro atoms. The van der Waals surface area contributed by atoms with E-state index in [0.29, 0.717) is 37.9 Å². The largest absolute Gasteiger partial charge is 0.341 e. The summed E-state index contributed by atoms with van der Waals surface area (Å²) >= 11 is 0. The molecule has 0 radical (unpaired) electrons. The molecular weight excluding hydrogens is 314 g/mol. The van der Waals surface area contributed by atoms with E-state index in [1.807, 2.05) is 0 Å². The fourth-order valence-corrected chi connectivity index (χ4v) is 6.18. The molecule has 1 amide bonds. The van der Waals surface area contributed by atoms with Gasteiger partial charge in [0, 0.05) is 31.6 Å². The Labute approximate surface area is 139 Å². The molecule has 3 atom stereocenters. The van der Waals surface area contributed by atoms with Gasteiger partial charge in [0.2, 0.25) is 15.9 Å². The number of sulfonamides is 1. The zero-order chi connectivity index (χ0) is 16.6. The Kier molecular flexibility index (Phi) is 4.99. The Hall–Kier alpha value is -0.660. The minimum Gasteiger partial charge on any atom is -0.341 e. The van der Waals surface area contributed by atoms with Crippen molar-refractivity contribution >= 4 is 15.9 Å². The number of likely N-dealkylation sites (tertiary alicyclic amines) is 1. The Balaban J connectivity index is 1.61. The summed E-state index contributed by atoms with van der Waals surface area (Å²) in [5.74, 6) is 1.15. The van der Waals surface area contributed by atoms with Gasteiger partial charge >= 0.3 is 0 Å². The zero-order valence-electron chi connectivity index (χ0n) is 13.9. The van der Waals surface area contributed by atoms with Gasteiger partial charge in [0.15, 0.2) is 0 Å². The highest BCUT2D eigenvalue weighted by Crippen LogP contribution is 2.42. The van der Waals surface area contributed by atoms with E-state index in [0.717, 1.165) is 25.7 Å². The fraction of sp³-hybridized carbons (Fsp3) is 0.938. The van der Waals surface area contributed by atoms with E-state index in [1.165, 1.54) is 6.42 Å². The fourth-order valence-electron chi connectivity index (χ4n) is 4.75. The Bertz CT molecular complexity index is 537. The summed E-state index contributed by atoms with van der Waals surface area (Å²) in [4.78, 5) is 14.6. The number of hydrogen-bond acceptors (Lipinski definition) is 4. The summed E-state index contributed by atoms with van der Waals surface area (Å²) in [5.41, 5.74) is 6.30.